The zero-order valence-corrected chi connectivity index (χ0v) is 12.7. The normalized spacial score (nSPS) is 17.0. The number of nitrogens with zero attached hydrogens (tertiary/aromatic N) is 3. The summed E-state index contributed by atoms with van der Waals surface area (Å²) < 4.78 is 5.96. The van der Waals surface area contributed by atoms with Gasteiger partial charge in [0.25, 0.3) is 0 Å². The molecule has 4 rings (SSSR count). The molecule has 1 atom stereocenters. The highest BCUT2D eigenvalue weighted by Gasteiger charge is 2.20. The van der Waals surface area contributed by atoms with Crippen molar-refractivity contribution in [1.82, 2.24) is 9.97 Å². The molecule has 0 bridgehead atoms. The molecule has 1 aliphatic heterocycles. The number of benzene rings is 2. The Labute approximate surface area is 134 Å². The molecule has 0 saturated heterocycles. The SMILES string of the molecule is c1ccc(C2=NCC(CCc3cnc4ccccc4n3)O2)cc1. The van der Waals surface area contributed by atoms with Crippen molar-refractivity contribution in [2.75, 3.05) is 6.54 Å². The van der Waals surface area contributed by atoms with E-state index in [4.69, 9.17) is 4.74 Å². The molecule has 0 saturated carbocycles. The summed E-state index contributed by atoms with van der Waals surface area (Å²) in [5.74, 6) is 0.750. The standard InChI is InChI=1S/C19H17N3O/c1-2-6-14(7-3-1)19-21-13-16(23-19)11-10-15-12-20-17-8-4-5-9-18(17)22-15/h1-9,12,16H,10-11,13H2. The first-order valence-electron chi connectivity index (χ1n) is 7.86. The lowest BCUT2D eigenvalue weighted by Gasteiger charge is -2.11. The van der Waals surface area contributed by atoms with Crippen LogP contribution in [-0.4, -0.2) is 28.5 Å². The van der Waals surface area contributed by atoms with Gasteiger partial charge >= 0.3 is 0 Å². The summed E-state index contributed by atoms with van der Waals surface area (Å²) in [7, 11) is 0. The van der Waals surface area contributed by atoms with Crippen molar-refractivity contribution in [3.05, 3.63) is 72.1 Å². The second-order valence-corrected chi connectivity index (χ2v) is 5.64. The first-order chi connectivity index (χ1) is 11.4. The number of rotatable bonds is 4. The van der Waals surface area contributed by atoms with Crippen molar-refractivity contribution in [3.8, 4) is 0 Å². The van der Waals surface area contributed by atoms with E-state index in [-0.39, 0.29) is 6.10 Å². The summed E-state index contributed by atoms with van der Waals surface area (Å²) in [6, 6.07) is 18.0. The van der Waals surface area contributed by atoms with Crippen molar-refractivity contribution >= 4 is 16.9 Å². The Bertz CT molecular complexity index is 845. The highest BCUT2D eigenvalue weighted by Crippen LogP contribution is 2.17. The summed E-state index contributed by atoms with van der Waals surface area (Å²) >= 11 is 0. The van der Waals surface area contributed by atoms with Gasteiger partial charge in [-0.1, -0.05) is 30.3 Å². The molecule has 0 fully saturated rings. The Morgan fingerprint density at radius 2 is 1.74 bits per heavy atom. The van der Waals surface area contributed by atoms with Gasteiger partial charge in [-0.3, -0.25) is 4.98 Å². The highest BCUT2D eigenvalue weighted by molar-refractivity contribution is 5.95. The molecule has 0 amide bonds. The molecule has 3 aromatic rings. The van der Waals surface area contributed by atoms with Crippen LogP contribution >= 0.6 is 0 Å². The molecule has 1 unspecified atom stereocenters. The Kier molecular flexibility index (Phi) is 3.72. The monoisotopic (exact) mass is 303 g/mol. The Balaban J connectivity index is 1.38. The minimum absolute atomic E-state index is 0.124. The Hall–Kier alpha value is -2.75. The second kappa shape index (κ2) is 6.16. The summed E-state index contributed by atoms with van der Waals surface area (Å²) in [6.45, 7) is 0.714. The van der Waals surface area contributed by atoms with Crippen LogP contribution in [-0.2, 0) is 11.2 Å². The third kappa shape index (κ3) is 3.06. The lowest BCUT2D eigenvalue weighted by atomic mass is 10.1. The number of aryl methyl sites for hydroxylation is 1. The molecule has 0 spiro atoms. The van der Waals surface area contributed by atoms with Gasteiger partial charge in [-0.2, -0.15) is 0 Å². The summed E-state index contributed by atoms with van der Waals surface area (Å²) in [4.78, 5) is 13.6. The van der Waals surface area contributed by atoms with E-state index in [1.54, 1.807) is 0 Å². The van der Waals surface area contributed by atoms with Crippen LogP contribution in [0, 0.1) is 0 Å². The number of aliphatic imine (C=N–C) groups is 1. The topological polar surface area (TPSA) is 47.4 Å². The molecule has 0 N–H and O–H groups in total. The minimum atomic E-state index is 0.124. The minimum Gasteiger partial charge on any atom is -0.472 e. The highest BCUT2D eigenvalue weighted by atomic mass is 16.5. The van der Waals surface area contributed by atoms with Crippen LogP contribution in [0.4, 0.5) is 0 Å². The first-order valence-corrected chi connectivity index (χ1v) is 7.86. The molecule has 1 aliphatic rings. The molecular weight excluding hydrogens is 286 g/mol. The first kappa shape index (κ1) is 13.9. The van der Waals surface area contributed by atoms with Gasteiger partial charge in [0.15, 0.2) is 0 Å². The fraction of sp³-hybridized carbons (Fsp3) is 0.211. The molecular formula is C19H17N3O. The summed E-state index contributed by atoms with van der Waals surface area (Å²) in [6.07, 6.45) is 3.72. The molecule has 4 heteroatoms. The maximum atomic E-state index is 5.96. The van der Waals surface area contributed by atoms with E-state index in [0.29, 0.717) is 6.54 Å². The van der Waals surface area contributed by atoms with Gasteiger partial charge in [-0.05, 0) is 37.1 Å². The second-order valence-electron chi connectivity index (χ2n) is 5.64. The third-order valence-corrected chi connectivity index (χ3v) is 3.96. The average Bonchev–Trinajstić information content (AvgIpc) is 3.10. The Morgan fingerprint density at radius 1 is 0.957 bits per heavy atom. The van der Waals surface area contributed by atoms with Crippen LogP contribution in [0.15, 0.2) is 65.8 Å². The fourth-order valence-corrected chi connectivity index (χ4v) is 2.73. The molecule has 114 valence electrons. The van der Waals surface area contributed by atoms with E-state index in [1.807, 2.05) is 60.8 Å². The zero-order valence-electron chi connectivity index (χ0n) is 12.7. The molecule has 23 heavy (non-hydrogen) atoms. The molecule has 1 aromatic heterocycles. The number of para-hydroxylation sites is 2. The van der Waals surface area contributed by atoms with Crippen LogP contribution in [0.3, 0.4) is 0 Å². The lowest BCUT2D eigenvalue weighted by molar-refractivity contribution is 0.213. The number of aromatic nitrogens is 2. The van der Waals surface area contributed by atoms with Crippen molar-refractivity contribution in [2.45, 2.75) is 18.9 Å². The van der Waals surface area contributed by atoms with Gasteiger partial charge in [-0.25, -0.2) is 9.98 Å². The Morgan fingerprint density at radius 3 is 2.61 bits per heavy atom. The maximum absolute atomic E-state index is 5.96. The zero-order chi connectivity index (χ0) is 15.5. The van der Waals surface area contributed by atoms with Gasteiger partial charge in [0.1, 0.15) is 6.10 Å². The maximum Gasteiger partial charge on any atom is 0.216 e. The van der Waals surface area contributed by atoms with Crippen LogP contribution in [0.2, 0.25) is 0 Å². The van der Waals surface area contributed by atoms with Crippen LogP contribution in [0.1, 0.15) is 17.7 Å². The number of hydrogen-bond acceptors (Lipinski definition) is 4. The summed E-state index contributed by atoms with van der Waals surface area (Å²) in [5, 5.41) is 0. The van der Waals surface area contributed by atoms with E-state index >= 15 is 0 Å². The van der Waals surface area contributed by atoms with Crippen molar-refractivity contribution in [3.63, 3.8) is 0 Å². The van der Waals surface area contributed by atoms with E-state index in [1.165, 1.54) is 0 Å². The number of ether oxygens (including phenoxy) is 1. The third-order valence-electron chi connectivity index (χ3n) is 3.96. The predicted octanol–water partition coefficient (Wildman–Crippen LogP) is 3.41. The van der Waals surface area contributed by atoms with Crippen molar-refractivity contribution < 1.29 is 4.74 Å². The van der Waals surface area contributed by atoms with Crippen molar-refractivity contribution in [2.24, 2.45) is 4.99 Å². The average molecular weight is 303 g/mol. The molecule has 0 aliphatic carbocycles. The van der Waals surface area contributed by atoms with E-state index in [0.717, 1.165) is 41.0 Å². The smallest absolute Gasteiger partial charge is 0.216 e. The van der Waals surface area contributed by atoms with Gasteiger partial charge in [0, 0.05) is 11.8 Å². The van der Waals surface area contributed by atoms with Crippen LogP contribution in [0.5, 0.6) is 0 Å². The quantitative estimate of drug-likeness (QED) is 0.742. The lowest BCUT2D eigenvalue weighted by Crippen LogP contribution is -2.15. The number of fused-ring (bicyclic) bond motifs is 1. The molecule has 0 radical (unpaired) electrons. The van der Waals surface area contributed by atoms with Crippen molar-refractivity contribution in [1.29, 1.82) is 0 Å². The largest absolute Gasteiger partial charge is 0.472 e. The van der Waals surface area contributed by atoms with E-state index in [2.05, 4.69) is 15.0 Å². The molecule has 2 heterocycles. The van der Waals surface area contributed by atoms with Crippen LogP contribution in [0.25, 0.3) is 11.0 Å². The molecule has 4 nitrogen and oxygen atoms in total. The van der Waals surface area contributed by atoms with E-state index < -0.39 is 0 Å². The van der Waals surface area contributed by atoms with E-state index in [9.17, 15) is 0 Å². The fourth-order valence-electron chi connectivity index (χ4n) is 2.73. The number of hydrogen-bond donors (Lipinski definition) is 0. The van der Waals surface area contributed by atoms with Gasteiger partial charge in [0.05, 0.1) is 23.3 Å². The summed E-state index contributed by atoms with van der Waals surface area (Å²) in [5.41, 5.74) is 3.92. The van der Waals surface area contributed by atoms with Gasteiger partial charge in [-0.15, -0.1) is 0 Å². The van der Waals surface area contributed by atoms with Gasteiger partial charge in [0.2, 0.25) is 5.90 Å². The van der Waals surface area contributed by atoms with Gasteiger partial charge < -0.3 is 4.74 Å². The predicted molar refractivity (Wildman–Crippen MR) is 90.6 cm³/mol. The molecule has 2 aromatic carbocycles. The van der Waals surface area contributed by atoms with Crippen LogP contribution < -0.4 is 0 Å².